The van der Waals surface area contributed by atoms with E-state index in [1.165, 1.54) is 83.4 Å². The second kappa shape index (κ2) is 11.9. The van der Waals surface area contributed by atoms with Gasteiger partial charge in [-0.25, -0.2) is 0 Å². The number of nitrogens with zero attached hydrogens (tertiary/aromatic N) is 2. The Labute approximate surface area is 294 Å². The van der Waals surface area contributed by atoms with Crippen molar-refractivity contribution in [3.63, 3.8) is 0 Å². The topological polar surface area (TPSA) is 8.17 Å². The standard InChI is InChI=1S/C48H38N2/c1-3-13-33(14-4-1)35-17-11-19-39(29-35)49-45-23-9-7-21-41(45)43-31-37(25-27-47(43)49)38-26-28-48-44(32-38)42-22-8-10-24-46(42)50(48)40-20-12-18-36(30-40)34-15-5-2-6-16-34/h3,5,7-27,29-32,48H,1-2,4,6,28H2. The molecule has 1 unspecified atom stereocenters. The van der Waals surface area contributed by atoms with Crippen LogP contribution in [0.25, 0.3) is 49.8 Å². The maximum Gasteiger partial charge on any atom is 0.0633 e. The van der Waals surface area contributed by atoms with Crippen LogP contribution in [-0.4, -0.2) is 10.6 Å². The van der Waals surface area contributed by atoms with Gasteiger partial charge >= 0.3 is 0 Å². The van der Waals surface area contributed by atoms with E-state index in [0.29, 0.717) is 0 Å². The zero-order valence-electron chi connectivity index (χ0n) is 28.1. The Hall–Kier alpha value is -5.86. The van der Waals surface area contributed by atoms with Gasteiger partial charge in [-0.05, 0) is 126 Å². The molecule has 5 aromatic carbocycles. The van der Waals surface area contributed by atoms with Crippen molar-refractivity contribution in [3.8, 4) is 5.69 Å². The highest BCUT2D eigenvalue weighted by Crippen LogP contribution is 2.49. The quantitative estimate of drug-likeness (QED) is 0.182. The van der Waals surface area contributed by atoms with E-state index in [-0.39, 0.29) is 6.04 Å². The Morgan fingerprint density at radius 2 is 1.18 bits per heavy atom. The molecular formula is C48H38N2. The van der Waals surface area contributed by atoms with Gasteiger partial charge in [0.25, 0.3) is 0 Å². The van der Waals surface area contributed by atoms with Crippen LogP contribution in [0.3, 0.4) is 0 Å². The van der Waals surface area contributed by atoms with Crippen LogP contribution in [0.2, 0.25) is 0 Å². The molecule has 240 valence electrons. The monoisotopic (exact) mass is 642 g/mol. The third kappa shape index (κ3) is 4.78. The molecule has 0 saturated carbocycles. The SMILES string of the molecule is C1=CC(c2cccc(N3c4ccccc4C4=CC(c5ccc6c(c5)c5ccccc5n6-c5cccc(C6=CCCC=C6)c5)=CCC43)c2)=CCC1. The Morgan fingerprint density at radius 1 is 0.500 bits per heavy atom. The van der Waals surface area contributed by atoms with Gasteiger partial charge in [0, 0.05) is 33.4 Å². The summed E-state index contributed by atoms with van der Waals surface area (Å²) in [6, 6.07) is 43.3. The normalized spacial score (nSPS) is 18.1. The molecule has 2 heterocycles. The smallest absolute Gasteiger partial charge is 0.0633 e. The number of benzene rings is 5. The average Bonchev–Trinajstić information content (AvgIpc) is 3.71. The lowest BCUT2D eigenvalue weighted by Crippen LogP contribution is -2.27. The van der Waals surface area contributed by atoms with Crippen LogP contribution in [0.5, 0.6) is 0 Å². The van der Waals surface area contributed by atoms with Crippen molar-refractivity contribution in [3.05, 3.63) is 186 Å². The van der Waals surface area contributed by atoms with E-state index < -0.39 is 0 Å². The second-order valence-electron chi connectivity index (χ2n) is 13.9. The molecule has 2 heteroatoms. The van der Waals surface area contributed by atoms with E-state index in [0.717, 1.165) is 32.1 Å². The highest BCUT2D eigenvalue weighted by molar-refractivity contribution is 6.11. The molecule has 50 heavy (non-hydrogen) atoms. The molecular weight excluding hydrogens is 605 g/mol. The lowest BCUT2D eigenvalue weighted by atomic mass is 9.89. The third-order valence-electron chi connectivity index (χ3n) is 10.9. The Morgan fingerprint density at radius 3 is 1.96 bits per heavy atom. The summed E-state index contributed by atoms with van der Waals surface area (Å²) >= 11 is 0. The minimum absolute atomic E-state index is 0.273. The summed E-state index contributed by atoms with van der Waals surface area (Å²) in [7, 11) is 0. The van der Waals surface area contributed by atoms with Gasteiger partial charge in [0.1, 0.15) is 0 Å². The van der Waals surface area contributed by atoms with E-state index in [9.17, 15) is 0 Å². The van der Waals surface area contributed by atoms with Crippen LogP contribution < -0.4 is 4.90 Å². The first-order valence-corrected chi connectivity index (χ1v) is 18.1. The molecule has 4 aliphatic rings. The first kappa shape index (κ1) is 29.1. The molecule has 0 fully saturated rings. The zero-order chi connectivity index (χ0) is 33.0. The number of fused-ring (bicyclic) bond motifs is 6. The van der Waals surface area contributed by atoms with Crippen LogP contribution in [0.4, 0.5) is 11.4 Å². The van der Waals surface area contributed by atoms with Crippen LogP contribution in [0.1, 0.15) is 54.4 Å². The molecule has 10 rings (SSSR count). The summed E-state index contributed by atoms with van der Waals surface area (Å²) in [4.78, 5) is 2.56. The van der Waals surface area contributed by atoms with Crippen molar-refractivity contribution in [2.75, 3.05) is 4.90 Å². The van der Waals surface area contributed by atoms with Crippen LogP contribution in [0.15, 0.2) is 164 Å². The van der Waals surface area contributed by atoms with Crippen LogP contribution in [-0.2, 0) is 0 Å². The van der Waals surface area contributed by atoms with Crippen LogP contribution in [0, 0.1) is 0 Å². The zero-order valence-corrected chi connectivity index (χ0v) is 28.1. The summed E-state index contributed by atoms with van der Waals surface area (Å²) in [6.07, 6.45) is 24.2. The average molecular weight is 643 g/mol. The summed E-state index contributed by atoms with van der Waals surface area (Å²) in [5.41, 5.74) is 16.8. The number of para-hydroxylation sites is 2. The first-order chi connectivity index (χ1) is 24.8. The number of hydrogen-bond acceptors (Lipinski definition) is 1. The van der Waals surface area contributed by atoms with Crippen molar-refractivity contribution in [2.24, 2.45) is 0 Å². The molecule has 0 amide bonds. The Balaban J connectivity index is 1.04. The van der Waals surface area contributed by atoms with Gasteiger partial charge in [-0.1, -0.05) is 109 Å². The fourth-order valence-electron chi connectivity index (χ4n) is 8.55. The fourth-order valence-corrected chi connectivity index (χ4v) is 8.55. The van der Waals surface area contributed by atoms with E-state index >= 15 is 0 Å². The Bertz CT molecular complexity index is 2530. The third-order valence-corrected chi connectivity index (χ3v) is 10.9. The maximum absolute atomic E-state index is 2.56. The van der Waals surface area contributed by atoms with E-state index in [1.54, 1.807) is 0 Å². The predicted octanol–water partition coefficient (Wildman–Crippen LogP) is 12.6. The first-order valence-electron chi connectivity index (χ1n) is 18.1. The molecule has 0 saturated heterocycles. The number of hydrogen-bond donors (Lipinski definition) is 0. The van der Waals surface area contributed by atoms with E-state index in [4.69, 9.17) is 0 Å². The highest BCUT2D eigenvalue weighted by atomic mass is 15.2. The van der Waals surface area contributed by atoms with E-state index in [1.807, 2.05) is 0 Å². The van der Waals surface area contributed by atoms with E-state index in [2.05, 4.69) is 173 Å². The highest BCUT2D eigenvalue weighted by Gasteiger charge is 2.36. The fraction of sp³-hybridized carbons (Fsp3) is 0.125. The number of allylic oxidation sites excluding steroid dienone is 10. The van der Waals surface area contributed by atoms with Gasteiger partial charge in [0.15, 0.2) is 0 Å². The maximum atomic E-state index is 2.56. The molecule has 0 bridgehead atoms. The number of aromatic nitrogens is 1. The molecule has 3 aliphatic carbocycles. The van der Waals surface area contributed by atoms with Gasteiger partial charge in [0.05, 0.1) is 17.1 Å². The lowest BCUT2D eigenvalue weighted by Gasteiger charge is -2.30. The summed E-state index contributed by atoms with van der Waals surface area (Å²) in [6.45, 7) is 0. The Kier molecular flexibility index (Phi) is 6.94. The van der Waals surface area contributed by atoms with Crippen molar-refractivity contribution in [1.82, 2.24) is 4.57 Å². The summed E-state index contributed by atoms with van der Waals surface area (Å²) in [5.74, 6) is 0. The van der Waals surface area contributed by atoms with Crippen molar-refractivity contribution < 1.29 is 0 Å². The van der Waals surface area contributed by atoms with Crippen LogP contribution >= 0.6 is 0 Å². The molecule has 1 aliphatic heterocycles. The van der Waals surface area contributed by atoms with Gasteiger partial charge < -0.3 is 9.47 Å². The van der Waals surface area contributed by atoms with Gasteiger partial charge in [-0.15, -0.1) is 0 Å². The predicted molar refractivity (Wildman–Crippen MR) is 213 cm³/mol. The van der Waals surface area contributed by atoms with Crippen molar-refractivity contribution in [1.29, 1.82) is 0 Å². The molecule has 6 aromatic rings. The molecule has 0 N–H and O–H groups in total. The van der Waals surface area contributed by atoms with Crippen molar-refractivity contribution >= 4 is 55.5 Å². The summed E-state index contributed by atoms with van der Waals surface area (Å²) in [5, 5.41) is 2.58. The number of rotatable bonds is 5. The largest absolute Gasteiger partial charge is 0.333 e. The van der Waals surface area contributed by atoms with Crippen molar-refractivity contribution in [2.45, 2.75) is 38.1 Å². The molecule has 0 radical (unpaired) electrons. The second-order valence-corrected chi connectivity index (χ2v) is 13.9. The minimum Gasteiger partial charge on any atom is -0.333 e. The summed E-state index contributed by atoms with van der Waals surface area (Å²) < 4.78 is 2.44. The molecule has 2 nitrogen and oxygen atoms in total. The molecule has 0 spiro atoms. The molecule has 1 atom stereocenters. The number of anilines is 2. The van der Waals surface area contributed by atoms with Gasteiger partial charge in [0.2, 0.25) is 0 Å². The van der Waals surface area contributed by atoms with Gasteiger partial charge in [-0.3, -0.25) is 0 Å². The lowest BCUT2D eigenvalue weighted by molar-refractivity contribution is 0.831. The molecule has 1 aromatic heterocycles. The van der Waals surface area contributed by atoms with Gasteiger partial charge in [-0.2, -0.15) is 0 Å². The minimum atomic E-state index is 0.273.